The fourth-order valence-corrected chi connectivity index (χ4v) is 3.00. The molecule has 1 atom stereocenters. The van der Waals surface area contributed by atoms with Crippen molar-refractivity contribution >= 4 is 0 Å². The molecule has 2 rings (SSSR count). The second kappa shape index (κ2) is 7.65. The van der Waals surface area contributed by atoms with Crippen molar-refractivity contribution in [1.82, 2.24) is 5.32 Å². The van der Waals surface area contributed by atoms with E-state index in [0.717, 1.165) is 17.2 Å². The highest BCUT2D eigenvalue weighted by Crippen LogP contribution is 2.26. The number of methoxy groups -OCH3 is 1. The number of aliphatic hydroxyl groups excluding tert-OH is 1. The second-order valence-electron chi connectivity index (χ2n) is 5.82. The molecule has 1 aliphatic rings. The van der Waals surface area contributed by atoms with Crippen molar-refractivity contribution in [2.24, 2.45) is 5.92 Å². The van der Waals surface area contributed by atoms with Crippen LogP contribution in [0.25, 0.3) is 0 Å². The van der Waals surface area contributed by atoms with Crippen LogP contribution in [0.2, 0.25) is 0 Å². The average molecular weight is 277 g/mol. The van der Waals surface area contributed by atoms with Crippen LogP contribution in [-0.2, 0) is 0 Å². The van der Waals surface area contributed by atoms with Gasteiger partial charge >= 0.3 is 0 Å². The summed E-state index contributed by atoms with van der Waals surface area (Å²) >= 11 is 0. The Labute approximate surface area is 122 Å². The lowest BCUT2D eigenvalue weighted by Gasteiger charge is -2.29. The first kappa shape index (κ1) is 15.3. The van der Waals surface area contributed by atoms with Crippen LogP contribution in [-0.4, -0.2) is 24.8 Å². The van der Waals surface area contributed by atoms with E-state index in [1.807, 2.05) is 24.3 Å². The van der Waals surface area contributed by atoms with E-state index in [4.69, 9.17) is 4.74 Å². The van der Waals surface area contributed by atoms with Crippen LogP contribution in [0.3, 0.4) is 0 Å². The van der Waals surface area contributed by atoms with Crippen molar-refractivity contribution in [2.45, 2.75) is 51.2 Å². The van der Waals surface area contributed by atoms with Crippen molar-refractivity contribution in [2.75, 3.05) is 13.7 Å². The Kier molecular flexibility index (Phi) is 5.86. The lowest BCUT2D eigenvalue weighted by Crippen LogP contribution is -2.35. The molecule has 0 bridgehead atoms. The van der Waals surface area contributed by atoms with Gasteiger partial charge < -0.3 is 15.2 Å². The molecular weight excluding hydrogens is 250 g/mol. The van der Waals surface area contributed by atoms with Crippen molar-refractivity contribution in [3.63, 3.8) is 0 Å². The Balaban J connectivity index is 1.75. The molecule has 3 nitrogen and oxygen atoms in total. The Morgan fingerprint density at radius 2 is 1.85 bits per heavy atom. The fourth-order valence-electron chi connectivity index (χ4n) is 3.00. The molecule has 20 heavy (non-hydrogen) atoms. The molecule has 1 aromatic carbocycles. The van der Waals surface area contributed by atoms with Gasteiger partial charge in [-0.05, 0) is 49.3 Å². The standard InChI is InChI=1S/C17H27NO2/c1-3-13-4-8-15(9-5-13)18-12-17(19)14-6-10-16(20-2)11-7-14/h6-7,10-11,13,15,17-19H,3-5,8-9,12H2,1-2H3. The Bertz CT molecular complexity index is 382. The van der Waals surface area contributed by atoms with Crippen LogP contribution in [0, 0.1) is 5.92 Å². The minimum absolute atomic E-state index is 0.440. The molecule has 1 aliphatic carbocycles. The van der Waals surface area contributed by atoms with E-state index in [9.17, 15) is 5.11 Å². The average Bonchev–Trinajstić information content (AvgIpc) is 2.53. The summed E-state index contributed by atoms with van der Waals surface area (Å²) in [5.74, 6) is 1.74. The van der Waals surface area contributed by atoms with Gasteiger partial charge in [0, 0.05) is 12.6 Å². The van der Waals surface area contributed by atoms with Gasteiger partial charge in [-0.1, -0.05) is 25.5 Å². The normalized spacial score (nSPS) is 24.4. The number of hydrogen-bond acceptors (Lipinski definition) is 3. The van der Waals surface area contributed by atoms with Crippen molar-refractivity contribution in [1.29, 1.82) is 0 Å². The molecule has 0 saturated heterocycles. The zero-order valence-electron chi connectivity index (χ0n) is 12.6. The van der Waals surface area contributed by atoms with E-state index >= 15 is 0 Å². The third-order valence-corrected chi connectivity index (χ3v) is 4.52. The van der Waals surface area contributed by atoms with Crippen LogP contribution >= 0.6 is 0 Å². The number of rotatable bonds is 6. The molecule has 1 unspecified atom stereocenters. The largest absolute Gasteiger partial charge is 0.497 e. The summed E-state index contributed by atoms with van der Waals surface area (Å²) in [5.41, 5.74) is 0.945. The van der Waals surface area contributed by atoms with Crippen LogP contribution in [0.4, 0.5) is 0 Å². The predicted molar refractivity (Wildman–Crippen MR) is 82.0 cm³/mol. The van der Waals surface area contributed by atoms with Crippen LogP contribution < -0.4 is 10.1 Å². The molecule has 0 radical (unpaired) electrons. The molecule has 112 valence electrons. The fraction of sp³-hybridized carbons (Fsp3) is 0.647. The maximum Gasteiger partial charge on any atom is 0.118 e. The van der Waals surface area contributed by atoms with Crippen LogP contribution in [0.1, 0.15) is 50.7 Å². The first-order valence-corrected chi connectivity index (χ1v) is 7.78. The molecular formula is C17H27NO2. The van der Waals surface area contributed by atoms with Crippen molar-refractivity contribution in [3.05, 3.63) is 29.8 Å². The summed E-state index contributed by atoms with van der Waals surface area (Å²) < 4.78 is 5.13. The molecule has 0 aliphatic heterocycles. The van der Waals surface area contributed by atoms with Gasteiger partial charge in [0.25, 0.3) is 0 Å². The van der Waals surface area contributed by atoms with E-state index in [1.54, 1.807) is 7.11 Å². The third kappa shape index (κ3) is 4.22. The number of benzene rings is 1. The van der Waals surface area contributed by atoms with E-state index in [0.29, 0.717) is 12.6 Å². The number of aliphatic hydroxyl groups is 1. The third-order valence-electron chi connectivity index (χ3n) is 4.52. The highest BCUT2D eigenvalue weighted by molar-refractivity contribution is 5.28. The maximum absolute atomic E-state index is 10.2. The van der Waals surface area contributed by atoms with Gasteiger partial charge in [-0.3, -0.25) is 0 Å². The maximum atomic E-state index is 10.2. The summed E-state index contributed by atoms with van der Waals surface area (Å²) in [6, 6.07) is 8.22. The first-order chi connectivity index (χ1) is 9.72. The number of ether oxygens (including phenoxy) is 1. The van der Waals surface area contributed by atoms with Crippen LogP contribution in [0.15, 0.2) is 24.3 Å². The molecule has 1 fully saturated rings. The highest BCUT2D eigenvalue weighted by atomic mass is 16.5. The van der Waals surface area contributed by atoms with Gasteiger partial charge in [0.2, 0.25) is 0 Å². The molecule has 1 aromatic rings. The van der Waals surface area contributed by atoms with E-state index in [2.05, 4.69) is 12.2 Å². The predicted octanol–water partition coefficient (Wildman–Crippen LogP) is 3.29. The molecule has 0 heterocycles. The highest BCUT2D eigenvalue weighted by Gasteiger charge is 2.20. The van der Waals surface area contributed by atoms with Gasteiger partial charge in [0.05, 0.1) is 13.2 Å². The van der Waals surface area contributed by atoms with Crippen molar-refractivity contribution < 1.29 is 9.84 Å². The van der Waals surface area contributed by atoms with E-state index < -0.39 is 6.10 Å². The van der Waals surface area contributed by atoms with E-state index in [1.165, 1.54) is 32.1 Å². The zero-order chi connectivity index (χ0) is 14.4. The Morgan fingerprint density at radius 1 is 1.20 bits per heavy atom. The molecule has 0 amide bonds. The Morgan fingerprint density at radius 3 is 2.40 bits per heavy atom. The molecule has 1 saturated carbocycles. The zero-order valence-corrected chi connectivity index (χ0v) is 12.6. The minimum Gasteiger partial charge on any atom is -0.497 e. The smallest absolute Gasteiger partial charge is 0.118 e. The summed E-state index contributed by atoms with van der Waals surface area (Å²) in [5, 5.41) is 13.7. The number of nitrogens with one attached hydrogen (secondary N) is 1. The summed E-state index contributed by atoms with van der Waals surface area (Å²) in [7, 11) is 1.65. The SMILES string of the molecule is CCC1CCC(NCC(O)c2ccc(OC)cc2)CC1. The number of hydrogen-bond donors (Lipinski definition) is 2. The van der Waals surface area contributed by atoms with Gasteiger partial charge in [0.15, 0.2) is 0 Å². The Hall–Kier alpha value is -1.06. The summed E-state index contributed by atoms with van der Waals surface area (Å²) in [6.07, 6.45) is 6.01. The van der Waals surface area contributed by atoms with Crippen LogP contribution in [0.5, 0.6) is 5.75 Å². The lowest BCUT2D eigenvalue weighted by molar-refractivity contribution is 0.162. The summed E-state index contributed by atoms with van der Waals surface area (Å²) in [6.45, 7) is 2.92. The molecule has 0 aromatic heterocycles. The van der Waals surface area contributed by atoms with Gasteiger partial charge in [-0.2, -0.15) is 0 Å². The minimum atomic E-state index is -0.440. The van der Waals surface area contributed by atoms with Gasteiger partial charge in [0.1, 0.15) is 5.75 Å². The first-order valence-electron chi connectivity index (χ1n) is 7.78. The molecule has 3 heteroatoms. The molecule has 0 spiro atoms. The van der Waals surface area contributed by atoms with Gasteiger partial charge in [-0.15, -0.1) is 0 Å². The second-order valence-corrected chi connectivity index (χ2v) is 5.82. The van der Waals surface area contributed by atoms with Gasteiger partial charge in [-0.25, -0.2) is 0 Å². The molecule has 2 N–H and O–H groups in total. The topological polar surface area (TPSA) is 41.5 Å². The summed E-state index contributed by atoms with van der Waals surface area (Å²) in [4.78, 5) is 0. The van der Waals surface area contributed by atoms with Crippen molar-refractivity contribution in [3.8, 4) is 5.75 Å². The quantitative estimate of drug-likeness (QED) is 0.838. The lowest BCUT2D eigenvalue weighted by atomic mass is 9.84. The van der Waals surface area contributed by atoms with E-state index in [-0.39, 0.29) is 0 Å². The monoisotopic (exact) mass is 277 g/mol.